The van der Waals surface area contributed by atoms with Gasteiger partial charge in [-0.2, -0.15) is 0 Å². The van der Waals surface area contributed by atoms with Gasteiger partial charge in [-0.05, 0) is 25.0 Å². The first-order chi connectivity index (χ1) is 7.19. The van der Waals surface area contributed by atoms with Gasteiger partial charge in [-0.15, -0.1) is 0 Å². The molecule has 0 saturated heterocycles. The zero-order valence-electron chi connectivity index (χ0n) is 8.90. The molecule has 5 heteroatoms. The summed E-state index contributed by atoms with van der Waals surface area (Å²) in [4.78, 5) is 4.23. The molecule has 82 valence electrons. The number of nitrogens with zero attached hydrogens (tertiary/aromatic N) is 2. The smallest absolute Gasteiger partial charge is 0.188 e. The Morgan fingerprint density at radius 3 is 2.87 bits per heavy atom. The maximum Gasteiger partial charge on any atom is 0.188 e. The number of aromatic nitrogens is 1. The van der Waals surface area contributed by atoms with Crippen LogP contribution in [0, 0.1) is 6.92 Å². The van der Waals surface area contributed by atoms with E-state index in [1.807, 2.05) is 13.0 Å². The quantitative estimate of drug-likeness (QED) is 0.330. The van der Waals surface area contributed by atoms with Crippen LogP contribution < -0.4 is 5.73 Å². The van der Waals surface area contributed by atoms with Crippen LogP contribution in [-0.4, -0.2) is 29.7 Å². The minimum absolute atomic E-state index is 0.0244. The van der Waals surface area contributed by atoms with E-state index in [0.29, 0.717) is 12.3 Å². The van der Waals surface area contributed by atoms with Crippen LogP contribution in [0.15, 0.2) is 17.3 Å². The van der Waals surface area contributed by atoms with Crippen molar-refractivity contribution in [2.45, 2.75) is 13.3 Å². The van der Waals surface area contributed by atoms with E-state index in [1.54, 1.807) is 13.2 Å². The molecule has 0 radical (unpaired) electrons. The van der Waals surface area contributed by atoms with Gasteiger partial charge in [0, 0.05) is 12.8 Å². The Hall–Kier alpha value is -1.62. The zero-order chi connectivity index (χ0) is 11.3. The molecule has 1 heterocycles. The Bertz CT molecular complexity index is 364. The first kappa shape index (κ1) is 11.5. The molecule has 0 spiro atoms. The molecule has 0 atom stereocenters. The zero-order valence-corrected chi connectivity index (χ0v) is 8.90. The fraction of sp³-hybridized carbons (Fsp3) is 0.400. The van der Waals surface area contributed by atoms with Crippen LogP contribution in [0.5, 0.6) is 0 Å². The third kappa shape index (κ3) is 2.92. The second kappa shape index (κ2) is 5.31. The molecule has 0 aliphatic carbocycles. The van der Waals surface area contributed by atoms with Gasteiger partial charge in [0.2, 0.25) is 0 Å². The lowest BCUT2D eigenvalue weighted by atomic mass is 10.1. The molecule has 3 N–H and O–H groups in total. The maximum atomic E-state index is 8.49. The largest absolute Gasteiger partial charge is 0.409 e. The summed E-state index contributed by atoms with van der Waals surface area (Å²) < 4.78 is 4.98. The summed E-state index contributed by atoms with van der Waals surface area (Å²) in [6.45, 7) is 2.55. The Labute approximate surface area is 88.6 Å². The number of methoxy groups -OCH3 is 1. The van der Waals surface area contributed by atoms with Gasteiger partial charge in [-0.1, -0.05) is 11.2 Å². The molecule has 1 aromatic heterocycles. The van der Waals surface area contributed by atoms with E-state index < -0.39 is 0 Å². The van der Waals surface area contributed by atoms with Crippen molar-refractivity contribution in [1.29, 1.82) is 0 Å². The predicted molar refractivity (Wildman–Crippen MR) is 57.1 cm³/mol. The van der Waals surface area contributed by atoms with Gasteiger partial charge in [0.05, 0.1) is 6.61 Å². The van der Waals surface area contributed by atoms with Gasteiger partial charge < -0.3 is 15.7 Å². The van der Waals surface area contributed by atoms with Crippen LogP contribution in [0.25, 0.3) is 0 Å². The van der Waals surface area contributed by atoms with Crippen LogP contribution in [0.4, 0.5) is 0 Å². The lowest BCUT2D eigenvalue weighted by Crippen LogP contribution is -2.16. The Morgan fingerprint density at radius 1 is 1.60 bits per heavy atom. The number of amidine groups is 1. The Balaban J connectivity index is 2.88. The molecule has 1 aromatic rings. The monoisotopic (exact) mass is 209 g/mol. The van der Waals surface area contributed by atoms with E-state index in [9.17, 15) is 0 Å². The van der Waals surface area contributed by atoms with Crippen molar-refractivity contribution in [2.75, 3.05) is 13.7 Å². The summed E-state index contributed by atoms with van der Waals surface area (Å²) in [5, 5.41) is 11.4. The van der Waals surface area contributed by atoms with Crippen molar-refractivity contribution >= 4 is 5.84 Å². The highest BCUT2D eigenvalue weighted by molar-refractivity contribution is 5.95. The van der Waals surface area contributed by atoms with E-state index in [4.69, 9.17) is 15.7 Å². The summed E-state index contributed by atoms with van der Waals surface area (Å²) in [7, 11) is 1.66. The average Bonchev–Trinajstić information content (AvgIpc) is 2.26. The molecule has 5 nitrogen and oxygen atoms in total. The van der Waals surface area contributed by atoms with Gasteiger partial charge in [-0.25, -0.2) is 4.98 Å². The van der Waals surface area contributed by atoms with Crippen molar-refractivity contribution in [3.05, 3.63) is 29.1 Å². The molecule has 0 amide bonds. The number of pyridine rings is 1. The minimum atomic E-state index is 0.0244. The standard InChI is InChI=1S/C10H15N3O2/c1-7-8(5-6-15-2)3-4-9(12-7)10(11)13-14/h3-4,14H,5-6H2,1-2H3,(H2,11,13). The number of rotatable bonds is 4. The second-order valence-corrected chi connectivity index (χ2v) is 3.17. The first-order valence-corrected chi connectivity index (χ1v) is 4.62. The molecular formula is C10H15N3O2. The number of hydrogen-bond acceptors (Lipinski definition) is 4. The van der Waals surface area contributed by atoms with Gasteiger partial charge in [-0.3, -0.25) is 0 Å². The van der Waals surface area contributed by atoms with Crippen LogP contribution in [0.1, 0.15) is 17.0 Å². The van der Waals surface area contributed by atoms with E-state index in [2.05, 4.69) is 10.1 Å². The topological polar surface area (TPSA) is 80.7 Å². The Kier molecular flexibility index (Phi) is 4.05. The van der Waals surface area contributed by atoms with Crippen molar-refractivity contribution in [1.82, 2.24) is 4.98 Å². The molecule has 0 aliphatic heterocycles. The molecule has 0 bridgehead atoms. The van der Waals surface area contributed by atoms with E-state index in [0.717, 1.165) is 17.7 Å². The van der Waals surface area contributed by atoms with Crippen LogP contribution in [0.2, 0.25) is 0 Å². The fourth-order valence-electron chi connectivity index (χ4n) is 1.26. The lowest BCUT2D eigenvalue weighted by Gasteiger charge is -2.06. The highest BCUT2D eigenvalue weighted by Crippen LogP contribution is 2.07. The van der Waals surface area contributed by atoms with E-state index in [1.165, 1.54) is 0 Å². The molecule has 0 aliphatic rings. The highest BCUT2D eigenvalue weighted by Gasteiger charge is 2.04. The summed E-state index contributed by atoms with van der Waals surface area (Å²) in [6, 6.07) is 3.64. The van der Waals surface area contributed by atoms with Crippen molar-refractivity contribution in [3.63, 3.8) is 0 Å². The molecule has 1 rings (SSSR count). The summed E-state index contributed by atoms with van der Waals surface area (Å²) >= 11 is 0. The third-order valence-electron chi connectivity index (χ3n) is 2.14. The minimum Gasteiger partial charge on any atom is -0.409 e. The summed E-state index contributed by atoms with van der Waals surface area (Å²) in [6.07, 6.45) is 0.811. The molecule has 0 fully saturated rings. The van der Waals surface area contributed by atoms with Crippen LogP contribution in [-0.2, 0) is 11.2 Å². The highest BCUT2D eigenvalue weighted by atomic mass is 16.5. The molecule has 15 heavy (non-hydrogen) atoms. The van der Waals surface area contributed by atoms with Gasteiger partial charge in [0.15, 0.2) is 5.84 Å². The number of nitrogens with two attached hydrogens (primary N) is 1. The molecule has 0 aromatic carbocycles. The number of ether oxygens (including phenoxy) is 1. The third-order valence-corrected chi connectivity index (χ3v) is 2.14. The van der Waals surface area contributed by atoms with Gasteiger partial charge >= 0.3 is 0 Å². The molecular weight excluding hydrogens is 194 g/mol. The Morgan fingerprint density at radius 2 is 2.33 bits per heavy atom. The summed E-state index contributed by atoms with van der Waals surface area (Å²) in [5.41, 5.74) is 7.88. The number of hydrogen-bond donors (Lipinski definition) is 2. The molecule has 0 unspecified atom stereocenters. The van der Waals surface area contributed by atoms with Gasteiger partial charge in [0.1, 0.15) is 5.69 Å². The second-order valence-electron chi connectivity index (χ2n) is 3.17. The van der Waals surface area contributed by atoms with Gasteiger partial charge in [0.25, 0.3) is 0 Å². The first-order valence-electron chi connectivity index (χ1n) is 4.62. The van der Waals surface area contributed by atoms with Crippen molar-refractivity contribution < 1.29 is 9.94 Å². The van der Waals surface area contributed by atoms with Crippen LogP contribution >= 0.6 is 0 Å². The van der Waals surface area contributed by atoms with Crippen molar-refractivity contribution in [2.24, 2.45) is 10.9 Å². The SMILES string of the molecule is COCCc1ccc(C(N)=NO)nc1C. The number of aryl methyl sites for hydroxylation is 1. The van der Waals surface area contributed by atoms with E-state index in [-0.39, 0.29) is 5.84 Å². The average molecular weight is 209 g/mol. The fourth-order valence-corrected chi connectivity index (χ4v) is 1.26. The van der Waals surface area contributed by atoms with Crippen LogP contribution in [0.3, 0.4) is 0 Å². The normalized spacial score (nSPS) is 11.7. The molecule has 0 saturated carbocycles. The van der Waals surface area contributed by atoms with E-state index >= 15 is 0 Å². The van der Waals surface area contributed by atoms with Crippen molar-refractivity contribution in [3.8, 4) is 0 Å². The number of oxime groups is 1. The predicted octanol–water partition coefficient (Wildman–Crippen LogP) is 0.673. The maximum absolute atomic E-state index is 8.49. The summed E-state index contributed by atoms with van der Waals surface area (Å²) in [5.74, 6) is 0.0244. The lowest BCUT2D eigenvalue weighted by molar-refractivity contribution is 0.202.